The molecule has 2 amide bonds. The first-order valence-corrected chi connectivity index (χ1v) is 8.42. The number of amides is 2. The lowest BCUT2D eigenvalue weighted by atomic mass is 10.1. The molecule has 1 aliphatic heterocycles. The Morgan fingerprint density at radius 3 is 2.58 bits per heavy atom. The molecule has 26 heavy (non-hydrogen) atoms. The number of para-hydroxylation sites is 1. The molecule has 4 rings (SSSR count). The van der Waals surface area contributed by atoms with Gasteiger partial charge in [-0.25, -0.2) is 0 Å². The van der Waals surface area contributed by atoms with Gasteiger partial charge >= 0.3 is 0 Å². The Morgan fingerprint density at radius 1 is 1.15 bits per heavy atom. The summed E-state index contributed by atoms with van der Waals surface area (Å²) in [6.45, 7) is 5.73. The van der Waals surface area contributed by atoms with Crippen molar-refractivity contribution in [1.29, 1.82) is 0 Å². The minimum absolute atomic E-state index is 0.0725. The van der Waals surface area contributed by atoms with Crippen LogP contribution in [0, 0.1) is 0 Å². The van der Waals surface area contributed by atoms with Crippen molar-refractivity contribution in [2.45, 2.75) is 13.0 Å². The average Bonchev–Trinajstić information content (AvgIpc) is 3.18. The number of hydrogen-bond donors (Lipinski definition) is 1. The SMILES string of the molecule is C=C1c2ccccc2C(=O)N1CC(=O)NC(C)c1cc2ccccc2o1. The summed E-state index contributed by atoms with van der Waals surface area (Å²) in [6.07, 6.45) is 0. The third-order valence-corrected chi connectivity index (χ3v) is 4.59. The fourth-order valence-corrected chi connectivity index (χ4v) is 3.22. The van der Waals surface area contributed by atoms with E-state index in [4.69, 9.17) is 4.42 Å². The first-order valence-electron chi connectivity index (χ1n) is 8.42. The number of fused-ring (bicyclic) bond motifs is 2. The van der Waals surface area contributed by atoms with E-state index in [1.54, 1.807) is 12.1 Å². The first kappa shape index (κ1) is 16.1. The quantitative estimate of drug-likeness (QED) is 0.783. The maximum absolute atomic E-state index is 12.5. The maximum Gasteiger partial charge on any atom is 0.259 e. The first-order chi connectivity index (χ1) is 12.5. The number of furan rings is 1. The van der Waals surface area contributed by atoms with Crippen molar-refractivity contribution < 1.29 is 14.0 Å². The van der Waals surface area contributed by atoms with E-state index < -0.39 is 0 Å². The number of nitrogens with one attached hydrogen (secondary N) is 1. The van der Waals surface area contributed by atoms with Gasteiger partial charge in [0.15, 0.2) is 0 Å². The van der Waals surface area contributed by atoms with Gasteiger partial charge in [-0.15, -0.1) is 0 Å². The summed E-state index contributed by atoms with van der Waals surface area (Å²) >= 11 is 0. The molecule has 0 radical (unpaired) electrons. The van der Waals surface area contributed by atoms with Crippen LogP contribution in [0.2, 0.25) is 0 Å². The summed E-state index contributed by atoms with van der Waals surface area (Å²) in [4.78, 5) is 26.3. The van der Waals surface area contributed by atoms with E-state index in [1.807, 2.05) is 49.4 Å². The van der Waals surface area contributed by atoms with Gasteiger partial charge in [0, 0.05) is 22.2 Å². The molecule has 0 fully saturated rings. The highest BCUT2D eigenvalue weighted by Gasteiger charge is 2.32. The van der Waals surface area contributed by atoms with Crippen molar-refractivity contribution in [1.82, 2.24) is 10.2 Å². The number of rotatable bonds is 4. The topological polar surface area (TPSA) is 62.6 Å². The lowest BCUT2D eigenvalue weighted by Gasteiger charge is -2.18. The highest BCUT2D eigenvalue weighted by molar-refractivity contribution is 6.10. The molecule has 2 aromatic carbocycles. The lowest BCUT2D eigenvalue weighted by Crippen LogP contribution is -2.37. The molecule has 0 aliphatic carbocycles. The van der Waals surface area contributed by atoms with Crippen LogP contribution in [0.4, 0.5) is 0 Å². The van der Waals surface area contributed by atoms with Crippen molar-refractivity contribution in [3.8, 4) is 0 Å². The van der Waals surface area contributed by atoms with Crippen LogP contribution in [-0.4, -0.2) is 23.3 Å². The molecule has 2 heterocycles. The average molecular weight is 346 g/mol. The molecular formula is C21H18N2O3. The predicted octanol–water partition coefficient (Wildman–Crippen LogP) is 3.74. The molecule has 1 aliphatic rings. The van der Waals surface area contributed by atoms with E-state index >= 15 is 0 Å². The summed E-state index contributed by atoms with van der Waals surface area (Å²) in [5, 5.41) is 3.87. The van der Waals surface area contributed by atoms with Gasteiger partial charge in [-0.3, -0.25) is 14.5 Å². The van der Waals surface area contributed by atoms with E-state index in [-0.39, 0.29) is 24.4 Å². The van der Waals surface area contributed by atoms with Crippen LogP contribution >= 0.6 is 0 Å². The van der Waals surface area contributed by atoms with Crippen molar-refractivity contribution in [3.05, 3.63) is 78.1 Å². The van der Waals surface area contributed by atoms with Crippen LogP contribution in [0.1, 0.15) is 34.6 Å². The van der Waals surface area contributed by atoms with Gasteiger partial charge in [-0.1, -0.05) is 43.0 Å². The minimum atomic E-state index is -0.303. The molecule has 0 saturated carbocycles. The molecule has 5 nitrogen and oxygen atoms in total. The van der Waals surface area contributed by atoms with E-state index in [2.05, 4.69) is 11.9 Å². The Bertz CT molecular complexity index is 966. The van der Waals surface area contributed by atoms with Crippen molar-refractivity contribution in [3.63, 3.8) is 0 Å². The Balaban J connectivity index is 1.46. The summed E-state index contributed by atoms with van der Waals surface area (Å²) in [5.74, 6) is 0.215. The summed E-state index contributed by atoms with van der Waals surface area (Å²) in [7, 11) is 0. The number of carbonyl (C=O) groups is 2. The van der Waals surface area contributed by atoms with Crippen LogP contribution in [0.15, 0.2) is 65.6 Å². The fourth-order valence-electron chi connectivity index (χ4n) is 3.22. The van der Waals surface area contributed by atoms with Gasteiger partial charge in [-0.05, 0) is 25.1 Å². The van der Waals surface area contributed by atoms with Gasteiger partial charge in [0.05, 0.1) is 6.04 Å². The molecule has 3 aromatic rings. The highest BCUT2D eigenvalue weighted by atomic mass is 16.3. The molecule has 1 N–H and O–H groups in total. The molecule has 1 aromatic heterocycles. The number of benzene rings is 2. The van der Waals surface area contributed by atoms with E-state index in [0.29, 0.717) is 17.0 Å². The third kappa shape index (κ3) is 2.67. The van der Waals surface area contributed by atoms with Crippen LogP contribution in [0.3, 0.4) is 0 Å². The molecule has 0 saturated heterocycles. The van der Waals surface area contributed by atoms with Gasteiger partial charge in [0.1, 0.15) is 17.9 Å². The van der Waals surface area contributed by atoms with E-state index in [0.717, 1.165) is 16.5 Å². The molecular weight excluding hydrogens is 328 g/mol. The Hall–Kier alpha value is -3.34. The summed E-state index contributed by atoms with van der Waals surface area (Å²) in [6, 6.07) is 16.5. The summed E-state index contributed by atoms with van der Waals surface area (Å²) in [5.41, 5.74) is 2.69. The molecule has 1 atom stereocenters. The number of nitrogens with zero attached hydrogens (tertiary/aromatic N) is 1. The minimum Gasteiger partial charge on any atom is -0.459 e. The van der Waals surface area contributed by atoms with Crippen molar-refractivity contribution in [2.24, 2.45) is 0 Å². The molecule has 130 valence electrons. The largest absolute Gasteiger partial charge is 0.459 e. The van der Waals surface area contributed by atoms with Crippen LogP contribution in [0.25, 0.3) is 16.7 Å². The van der Waals surface area contributed by atoms with Gasteiger partial charge < -0.3 is 9.73 Å². The van der Waals surface area contributed by atoms with Crippen LogP contribution in [0.5, 0.6) is 0 Å². The zero-order chi connectivity index (χ0) is 18.3. The Kier molecular flexibility index (Phi) is 3.84. The summed E-state index contributed by atoms with van der Waals surface area (Å²) < 4.78 is 5.78. The molecule has 0 spiro atoms. The second-order valence-electron chi connectivity index (χ2n) is 6.36. The predicted molar refractivity (Wildman–Crippen MR) is 99.3 cm³/mol. The fraction of sp³-hybridized carbons (Fsp3) is 0.143. The van der Waals surface area contributed by atoms with E-state index in [9.17, 15) is 9.59 Å². The van der Waals surface area contributed by atoms with Gasteiger partial charge in [0.2, 0.25) is 5.91 Å². The zero-order valence-corrected chi connectivity index (χ0v) is 14.4. The zero-order valence-electron chi connectivity index (χ0n) is 14.4. The van der Waals surface area contributed by atoms with Crippen LogP contribution in [-0.2, 0) is 4.79 Å². The standard InChI is InChI=1S/C21H18N2O3/c1-13(19-11-15-7-3-6-10-18(15)26-19)22-20(24)12-23-14(2)16-8-4-5-9-17(16)21(23)25/h3-11,13H,2,12H2,1H3,(H,22,24). The number of carbonyl (C=O) groups excluding carboxylic acids is 2. The molecule has 0 bridgehead atoms. The van der Waals surface area contributed by atoms with E-state index in [1.165, 1.54) is 4.90 Å². The van der Waals surface area contributed by atoms with Crippen molar-refractivity contribution >= 4 is 28.5 Å². The Labute approximate surface area is 150 Å². The molecule has 1 unspecified atom stereocenters. The Morgan fingerprint density at radius 2 is 1.85 bits per heavy atom. The highest BCUT2D eigenvalue weighted by Crippen LogP contribution is 2.31. The lowest BCUT2D eigenvalue weighted by molar-refractivity contribution is -0.122. The van der Waals surface area contributed by atoms with Crippen LogP contribution < -0.4 is 5.32 Å². The monoisotopic (exact) mass is 346 g/mol. The smallest absolute Gasteiger partial charge is 0.259 e. The van der Waals surface area contributed by atoms with Gasteiger partial charge in [-0.2, -0.15) is 0 Å². The third-order valence-electron chi connectivity index (χ3n) is 4.59. The second-order valence-corrected chi connectivity index (χ2v) is 6.36. The number of hydrogen-bond acceptors (Lipinski definition) is 3. The van der Waals surface area contributed by atoms with Gasteiger partial charge in [0.25, 0.3) is 5.91 Å². The second kappa shape index (κ2) is 6.19. The van der Waals surface area contributed by atoms with Crippen molar-refractivity contribution in [2.75, 3.05) is 6.54 Å². The maximum atomic E-state index is 12.5. The molecule has 5 heteroatoms. The normalized spacial score (nSPS) is 14.6.